The highest BCUT2D eigenvalue weighted by Gasteiger charge is 1.95. The molecule has 0 amide bonds. The van der Waals surface area contributed by atoms with Gasteiger partial charge in [0, 0.05) is 0 Å². The molecule has 4 nitrogen and oxygen atoms in total. The quantitative estimate of drug-likeness (QED) is 0.734. The standard InChI is InChI=1S/C10H14N4/c1-3-4-5-6-7-10(11)14-8-12-9(2)13-14/h3-8H,11H2,1-2H3/b4-3-,6-5-,10-7+. The van der Waals surface area contributed by atoms with E-state index in [0.29, 0.717) is 11.6 Å². The Balaban J connectivity index is 2.69. The number of nitrogens with two attached hydrogens (primary N) is 1. The molecule has 0 saturated heterocycles. The Hall–Kier alpha value is -1.84. The Labute approximate surface area is 83.4 Å². The van der Waals surface area contributed by atoms with Gasteiger partial charge in [0.05, 0.1) is 0 Å². The summed E-state index contributed by atoms with van der Waals surface area (Å²) in [6.07, 6.45) is 11.0. The zero-order valence-corrected chi connectivity index (χ0v) is 8.38. The Morgan fingerprint density at radius 3 is 2.79 bits per heavy atom. The number of allylic oxidation sites excluding steroid dienone is 5. The van der Waals surface area contributed by atoms with Crippen LogP contribution >= 0.6 is 0 Å². The first-order chi connectivity index (χ1) is 6.74. The lowest BCUT2D eigenvalue weighted by molar-refractivity contribution is 0.869. The van der Waals surface area contributed by atoms with Crippen LogP contribution in [0.2, 0.25) is 0 Å². The summed E-state index contributed by atoms with van der Waals surface area (Å²) in [5, 5.41) is 4.07. The van der Waals surface area contributed by atoms with E-state index in [1.807, 2.05) is 38.2 Å². The van der Waals surface area contributed by atoms with E-state index in [-0.39, 0.29) is 0 Å². The van der Waals surface area contributed by atoms with Crippen LogP contribution in [0.25, 0.3) is 5.82 Å². The van der Waals surface area contributed by atoms with Crippen LogP contribution in [-0.2, 0) is 0 Å². The summed E-state index contributed by atoms with van der Waals surface area (Å²) in [6.45, 7) is 3.78. The van der Waals surface area contributed by atoms with E-state index in [9.17, 15) is 0 Å². The van der Waals surface area contributed by atoms with E-state index in [1.54, 1.807) is 12.4 Å². The van der Waals surface area contributed by atoms with Crippen LogP contribution in [0.5, 0.6) is 0 Å². The third kappa shape index (κ3) is 2.90. The second-order valence-corrected chi connectivity index (χ2v) is 2.74. The van der Waals surface area contributed by atoms with Gasteiger partial charge in [0.2, 0.25) is 0 Å². The van der Waals surface area contributed by atoms with Crippen molar-refractivity contribution in [3.8, 4) is 0 Å². The summed E-state index contributed by atoms with van der Waals surface area (Å²) in [7, 11) is 0. The summed E-state index contributed by atoms with van der Waals surface area (Å²) in [5.41, 5.74) is 5.74. The topological polar surface area (TPSA) is 56.7 Å². The number of hydrogen-bond acceptors (Lipinski definition) is 3. The Bertz CT molecular complexity index is 371. The molecule has 4 heteroatoms. The highest BCUT2D eigenvalue weighted by atomic mass is 15.4. The molecule has 0 aliphatic carbocycles. The van der Waals surface area contributed by atoms with E-state index < -0.39 is 0 Å². The number of rotatable bonds is 3. The second-order valence-electron chi connectivity index (χ2n) is 2.74. The molecule has 0 aliphatic heterocycles. The van der Waals surface area contributed by atoms with Crippen molar-refractivity contribution in [2.24, 2.45) is 5.73 Å². The molecule has 74 valence electrons. The van der Waals surface area contributed by atoms with Crippen LogP contribution in [0, 0.1) is 6.92 Å². The second kappa shape index (κ2) is 5.01. The van der Waals surface area contributed by atoms with Crippen LogP contribution in [0.4, 0.5) is 0 Å². The molecule has 1 aromatic rings. The summed E-state index contributed by atoms with van der Waals surface area (Å²) in [6, 6.07) is 0. The predicted octanol–water partition coefficient (Wildman–Crippen LogP) is 1.48. The molecular formula is C10H14N4. The van der Waals surface area contributed by atoms with Gasteiger partial charge in [0.15, 0.2) is 0 Å². The largest absolute Gasteiger partial charge is 0.384 e. The van der Waals surface area contributed by atoms with Crippen LogP contribution in [0.1, 0.15) is 12.7 Å². The predicted molar refractivity (Wildman–Crippen MR) is 57.2 cm³/mol. The normalized spacial score (nSPS) is 13.1. The van der Waals surface area contributed by atoms with Crippen molar-refractivity contribution in [1.82, 2.24) is 14.8 Å². The van der Waals surface area contributed by atoms with Crippen molar-refractivity contribution in [3.63, 3.8) is 0 Å². The molecule has 1 heterocycles. The average Bonchev–Trinajstić information content (AvgIpc) is 2.59. The number of hydrogen-bond donors (Lipinski definition) is 1. The molecule has 1 aromatic heterocycles. The fourth-order valence-electron chi connectivity index (χ4n) is 0.876. The van der Waals surface area contributed by atoms with Gasteiger partial charge in [-0.2, -0.15) is 5.10 Å². The fraction of sp³-hybridized carbons (Fsp3) is 0.200. The number of aromatic nitrogens is 3. The van der Waals surface area contributed by atoms with Crippen LogP contribution in [0.3, 0.4) is 0 Å². The minimum atomic E-state index is 0.548. The zero-order chi connectivity index (χ0) is 10.4. The molecule has 1 rings (SSSR count). The van der Waals surface area contributed by atoms with Gasteiger partial charge in [-0.3, -0.25) is 0 Å². The number of aryl methyl sites for hydroxylation is 1. The monoisotopic (exact) mass is 190 g/mol. The maximum atomic E-state index is 5.74. The molecule has 0 aromatic carbocycles. The number of nitrogens with zero attached hydrogens (tertiary/aromatic N) is 3. The van der Waals surface area contributed by atoms with Crippen LogP contribution in [-0.4, -0.2) is 14.8 Å². The first-order valence-corrected chi connectivity index (χ1v) is 4.38. The lowest BCUT2D eigenvalue weighted by Gasteiger charge is -1.96. The Morgan fingerprint density at radius 2 is 2.21 bits per heavy atom. The fourth-order valence-corrected chi connectivity index (χ4v) is 0.876. The molecule has 2 N–H and O–H groups in total. The maximum absolute atomic E-state index is 5.74. The molecule has 0 saturated carbocycles. The zero-order valence-electron chi connectivity index (χ0n) is 8.38. The minimum Gasteiger partial charge on any atom is -0.384 e. The molecule has 0 unspecified atom stereocenters. The SMILES string of the molecule is C\C=C/C=C\C=C(/N)n1cnc(C)n1. The van der Waals surface area contributed by atoms with Crippen molar-refractivity contribution in [2.45, 2.75) is 13.8 Å². The lowest BCUT2D eigenvalue weighted by atomic mass is 10.4. The van der Waals surface area contributed by atoms with E-state index in [2.05, 4.69) is 10.1 Å². The van der Waals surface area contributed by atoms with Gasteiger partial charge in [0.1, 0.15) is 18.0 Å². The first kappa shape index (κ1) is 10.2. The summed E-state index contributed by atoms with van der Waals surface area (Å²) in [4.78, 5) is 3.98. The third-order valence-corrected chi connectivity index (χ3v) is 1.55. The van der Waals surface area contributed by atoms with E-state index >= 15 is 0 Å². The molecule has 0 spiro atoms. The van der Waals surface area contributed by atoms with Crippen LogP contribution < -0.4 is 5.73 Å². The lowest BCUT2D eigenvalue weighted by Crippen LogP contribution is -2.06. The van der Waals surface area contributed by atoms with E-state index in [1.165, 1.54) is 4.68 Å². The highest BCUT2D eigenvalue weighted by molar-refractivity contribution is 5.42. The van der Waals surface area contributed by atoms with Gasteiger partial charge in [0.25, 0.3) is 0 Å². The smallest absolute Gasteiger partial charge is 0.148 e. The van der Waals surface area contributed by atoms with Gasteiger partial charge in [-0.1, -0.05) is 24.3 Å². The highest BCUT2D eigenvalue weighted by Crippen LogP contribution is 1.95. The van der Waals surface area contributed by atoms with Crippen LogP contribution in [0.15, 0.2) is 36.7 Å². The average molecular weight is 190 g/mol. The molecule has 0 atom stereocenters. The van der Waals surface area contributed by atoms with Gasteiger partial charge in [-0.25, -0.2) is 9.67 Å². The van der Waals surface area contributed by atoms with E-state index in [4.69, 9.17) is 5.73 Å². The molecule has 0 bridgehead atoms. The molecule has 14 heavy (non-hydrogen) atoms. The van der Waals surface area contributed by atoms with Crippen molar-refractivity contribution in [2.75, 3.05) is 0 Å². The van der Waals surface area contributed by atoms with Crippen molar-refractivity contribution in [1.29, 1.82) is 0 Å². The molecule has 0 radical (unpaired) electrons. The third-order valence-electron chi connectivity index (χ3n) is 1.55. The van der Waals surface area contributed by atoms with Crippen molar-refractivity contribution in [3.05, 3.63) is 42.5 Å². The summed E-state index contributed by atoms with van der Waals surface area (Å²) in [5.74, 6) is 1.25. The molecular weight excluding hydrogens is 176 g/mol. The van der Waals surface area contributed by atoms with Crippen molar-refractivity contribution >= 4 is 5.82 Å². The summed E-state index contributed by atoms with van der Waals surface area (Å²) < 4.78 is 1.54. The Morgan fingerprint density at radius 1 is 1.43 bits per heavy atom. The van der Waals surface area contributed by atoms with Gasteiger partial charge < -0.3 is 5.73 Å². The molecule has 0 fully saturated rings. The molecule has 0 aliphatic rings. The maximum Gasteiger partial charge on any atom is 0.148 e. The van der Waals surface area contributed by atoms with Gasteiger partial charge in [-0.15, -0.1) is 0 Å². The van der Waals surface area contributed by atoms with Gasteiger partial charge in [-0.05, 0) is 19.9 Å². The van der Waals surface area contributed by atoms with Crippen molar-refractivity contribution < 1.29 is 0 Å². The van der Waals surface area contributed by atoms with E-state index in [0.717, 1.165) is 0 Å². The Kier molecular flexibility index (Phi) is 3.67. The van der Waals surface area contributed by atoms with Gasteiger partial charge >= 0.3 is 0 Å². The first-order valence-electron chi connectivity index (χ1n) is 4.38. The minimum absolute atomic E-state index is 0.548. The summed E-state index contributed by atoms with van der Waals surface area (Å²) >= 11 is 0.